The Kier molecular flexibility index (Phi) is 5.29. The Labute approximate surface area is 140 Å². The van der Waals surface area contributed by atoms with E-state index in [1.807, 2.05) is 0 Å². The molecule has 2 aromatic carbocycles. The standard InChI is InChI=1S/C16H10BrF2NO2S/c17-13-4-1-11(2-5-13)10-23(21,22)15(9-20)7-12-3-6-14(18)8-16(12)19/h1-8H,10H2/b15-7+. The van der Waals surface area contributed by atoms with Crippen molar-refractivity contribution in [2.24, 2.45) is 0 Å². The lowest BCUT2D eigenvalue weighted by atomic mass is 10.2. The molecule has 7 heteroatoms. The number of benzene rings is 2. The van der Waals surface area contributed by atoms with E-state index in [9.17, 15) is 17.2 Å². The predicted octanol–water partition coefficient (Wildman–Crippen LogP) is 4.21. The Bertz CT molecular complexity index is 901. The molecule has 0 fully saturated rings. The van der Waals surface area contributed by atoms with E-state index < -0.39 is 26.4 Å². The van der Waals surface area contributed by atoms with Crippen molar-refractivity contribution in [3.63, 3.8) is 0 Å². The molecule has 0 aromatic heterocycles. The molecule has 2 rings (SSSR count). The number of nitrogens with zero attached hydrogens (tertiary/aromatic N) is 1. The third kappa shape index (κ3) is 4.47. The molecule has 0 aliphatic carbocycles. The zero-order chi connectivity index (χ0) is 17.0. The van der Waals surface area contributed by atoms with Crippen LogP contribution in [0.15, 0.2) is 51.8 Å². The van der Waals surface area contributed by atoms with Gasteiger partial charge in [-0.3, -0.25) is 0 Å². The van der Waals surface area contributed by atoms with E-state index in [0.717, 1.165) is 22.7 Å². The maximum absolute atomic E-state index is 13.6. The second-order valence-corrected chi connectivity index (χ2v) is 7.55. The summed E-state index contributed by atoms with van der Waals surface area (Å²) in [6.45, 7) is 0. The molecule has 0 radical (unpaired) electrons. The minimum atomic E-state index is -3.94. The van der Waals surface area contributed by atoms with E-state index >= 15 is 0 Å². The van der Waals surface area contributed by atoms with Gasteiger partial charge in [0, 0.05) is 16.1 Å². The van der Waals surface area contributed by atoms with Crippen LogP contribution in [0.25, 0.3) is 6.08 Å². The van der Waals surface area contributed by atoms with Gasteiger partial charge in [-0.15, -0.1) is 0 Å². The van der Waals surface area contributed by atoms with Crippen LogP contribution in [0.4, 0.5) is 8.78 Å². The highest BCUT2D eigenvalue weighted by atomic mass is 79.9. The molecule has 0 amide bonds. The largest absolute Gasteiger partial charge is 0.223 e. The number of allylic oxidation sites excluding steroid dienone is 1. The molecule has 3 nitrogen and oxygen atoms in total. The average molecular weight is 398 g/mol. The fraction of sp³-hybridized carbons (Fsp3) is 0.0625. The van der Waals surface area contributed by atoms with Crippen LogP contribution in [0, 0.1) is 23.0 Å². The van der Waals surface area contributed by atoms with E-state index in [-0.39, 0.29) is 11.3 Å². The molecule has 0 aliphatic rings. The summed E-state index contributed by atoms with van der Waals surface area (Å²) in [5.74, 6) is -2.10. The predicted molar refractivity (Wildman–Crippen MR) is 86.7 cm³/mol. The van der Waals surface area contributed by atoms with Gasteiger partial charge in [-0.2, -0.15) is 5.26 Å². The third-order valence-electron chi connectivity index (χ3n) is 2.96. The molecule has 0 unspecified atom stereocenters. The first-order valence-electron chi connectivity index (χ1n) is 6.36. The van der Waals surface area contributed by atoms with Gasteiger partial charge in [-0.1, -0.05) is 28.1 Å². The van der Waals surface area contributed by atoms with Gasteiger partial charge in [0.15, 0.2) is 9.84 Å². The average Bonchev–Trinajstić information content (AvgIpc) is 2.48. The molecule has 0 heterocycles. The van der Waals surface area contributed by atoms with Gasteiger partial charge in [-0.05, 0) is 35.9 Å². The van der Waals surface area contributed by atoms with Crippen LogP contribution in [0.1, 0.15) is 11.1 Å². The molecule has 118 valence electrons. The van der Waals surface area contributed by atoms with Gasteiger partial charge in [0.25, 0.3) is 0 Å². The lowest BCUT2D eigenvalue weighted by Crippen LogP contribution is -2.06. The molecular weight excluding hydrogens is 388 g/mol. The Morgan fingerprint density at radius 2 is 1.83 bits per heavy atom. The number of hydrogen-bond donors (Lipinski definition) is 0. The maximum atomic E-state index is 13.6. The number of hydrogen-bond acceptors (Lipinski definition) is 3. The second-order valence-electron chi connectivity index (χ2n) is 4.67. The Hall–Kier alpha value is -2.04. The summed E-state index contributed by atoms with van der Waals surface area (Å²) in [7, 11) is -3.94. The molecule has 0 atom stereocenters. The molecule has 0 saturated heterocycles. The van der Waals surface area contributed by atoms with Crippen molar-refractivity contribution in [1.29, 1.82) is 5.26 Å². The van der Waals surface area contributed by atoms with E-state index in [4.69, 9.17) is 5.26 Å². The lowest BCUT2D eigenvalue weighted by Gasteiger charge is -2.04. The van der Waals surface area contributed by atoms with Crippen LogP contribution in [-0.2, 0) is 15.6 Å². The van der Waals surface area contributed by atoms with Crippen LogP contribution >= 0.6 is 15.9 Å². The summed E-state index contributed by atoms with van der Waals surface area (Å²) in [5, 5.41) is 9.09. The number of halogens is 3. The van der Waals surface area contributed by atoms with Crippen molar-refractivity contribution >= 4 is 31.8 Å². The quantitative estimate of drug-likeness (QED) is 0.726. The van der Waals surface area contributed by atoms with Crippen molar-refractivity contribution in [3.05, 3.63) is 74.6 Å². The van der Waals surface area contributed by atoms with Crippen molar-refractivity contribution in [1.82, 2.24) is 0 Å². The number of rotatable bonds is 4. The van der Waals surface area contributed by atoms with Gasteiger partial charge in [0.2, 0.25) is 0 Å². The topological polar surface area (TPSA) is 57.9 Å². The first kappa shape index (κ1) is 17.3. The molecular formula is C16H10BrF2NO2S. The van der Waals surface area contributed by atoms with Crippen molar-refractivity contribution in [2.45, 2.75) is 5.75 Å². The van der Waals surface area contributed by atoms with Crippen molar-refractivity contribution < 1.29 is 17.2 Å². The SMILES string of the molecule is N#C/C(=C\c1ccc(F)cc1F)S(=O)(=O)Cc1ccc(Br)cc1. The normalized spacial score (nSPS) is 12.0. The maximum Gasteiger partial charge on any atom is 0.192 e. The van der Waals surface area contributed by atoms with Gasteiger partial charge in [0.05, 0.1) is 5.75 Å². The summed E-state index contributed by atoms with van der Waals surface area (Å²) in [6.07, 6.45) is 0.906. The fourth-order valence-electron chi connectivity index (χ4n) is 1.83. The van der Waals surface area contributed by atoms with E-state index in [2.05, 4.69) is 15.9 Å². The Morgan fingerprint density at radius 1 is 1.17 bits per heavy atom. The molecule has 2 aromatic rings. The van der Waals surface area contributed by atoms with Crippen LogP contribution < -0.4 is 0 Å². The van der Waals surface area contributed by atoms with Gasteiger partial charge < -0.3 is 0 Å². The van der Waals surface area contributed by atoms with E-state index in [1.165, 1.54) is 0 Å². The zero-order valence-corrected chi connectivity index (χ0v) is 14.0. The summed E-state index contributed by atoms with van der Waals surface area (Å²) in [5.41, 5.74) is 0.330. The zero-order valence-electron chi connectivity index (χ0n) is 11.6. The summed E-state index contributed by atoms with van der Waals surface area (Å²) < 4.78 is 51.9. The van der Waals surface area contributed by atoms with Crippen LogP contribution in [0.3, 0.4) is 0 Å². The molecule has 0 saturated carbocycles. The Balaban J connectivity index is 2.37. The number of sulfone groups is 1. The minimum Gasteiger partial charge on any atom is -0.223 e. The third-order valence-corrected chi connectivity index (χ3v) is 5.09. The van der Waals surface area contributed by atoms with Crippen LogP contribution in [0.5, 0.6) is 0 Å². The smallest absolute Gasteiger partial charge is 0.192 e. The lowest BCUT2D eigenvalue weighted by molar-refractivity contribution is 0.581. The van der Waals surface area contributed by atoms with Gasteiger partial charge >= 0.3 is 0 Å². The van der Waals surface area contributed by atoms with Crippen LogP contribution in [0.2, 0.25) is 0 Å². The molecule has 0 bridgehead atoms. The Morgan fingerprint density at radius 3 is 2.39 bits per heavy atom. The molecule has 23 heavy (non-hydrogen) atoms. The molecule has 0 aliphatic heterocycles. The molecule has 0 spiro atoms. The summed E-state index contributed by atoms with van der Waals surface area (Å²) in [4.78, 5) is -0.578. The highest BCUT2D eigenvalue weighted by Crippen LogP contribution is 2.20. The summed E-state index contributed by atoms with van der Waals surface area (Å²) >= 11 is 3.24. The van der Waals surface area contributed by atoms with E-state index in [1.54, 1.807) is 30.3 Å². The highest BCUT2D eigenvalue weighted by molar-refractivity contribution is 9.10. The van der Waals surface area contributed by atoms with Gasteiger partial charge in [0.1, 0.15) is 22.6 Å². The van der Waals surface area contributed by atoms with Crippen molar-refractivity contribution in [3.8, 4) is 6.07 Å². The van der Waals surface area contributed by atoms with Crippen molar-refractivity contribution in [2.75, 3.05) is 0 Å². The monoisotopic (exact) mass is 397 g/mol. The molecule has 0 N–H and O–H groups in total. The fourth-order valence-corrected chi connectivity index (χ4v) is 3.33. The van der Waals surface area contributed by atoms with Gasteiger partial charge in [-0.25, -0.2) is 17.2 Å². The summed E-state index contributed by atoms with van der Waals surface area (Å²) in [6, 6.07) is 10.8. The van der Waals surface area contributed by atoms with Crippen LogP contribution in [-0.4, -0.2) is 8.42 Å². The highest BCUT2D eigenvalue weighted by Gasteiger charge is 2.19. The second kappa shape index (κ2) is 7.02. The van der Waals surface area contributed by atoms with E-state index in [0.29, 0.717) is 11.6 Å². The first-order chi connectivity index (χ1) is 10.8. The number of nitriles is 1. The minimum absolute atomic E-state index is 0.165. The first-order valence-corrected chi connectivity index (χ1v) is 8.80.